The molecular formula is C21H24O2. The molecule has 0 radical (unpaired) electrons. The van der Waals surface area contributed by atoms with Crippen molar-refractivity contribution in [2.24, 2.45) is 0 Å². The van der Waals surface area contributed by atoms with E-state index in [1.165, 1.54) is 22.3 Å². The minimum Gasteiger partial charge on any atom is -0.356 e. The van der Waals surface area contributed by atoms with Crippen molar-refractivity contribution in [2.75, 3.05) is 0 Å². The van der Waals surface area contributed by atoms with Gasteiger partial charge >= 0.3 is 0 Å². The second-order valence-corrected chi connectivity index (χ2v) is 6.89. The fourth-order valence-electron chi connectivity index (χ4n) is 3.51. The lowest BCUT2D eigenvalue weighted by Gasteiger charge is -2.09. The van der Waals surface area contributed by atoms with E-state index in [9.17, 15) is 4.79 Å². The predicted molar refractivity (Wildman–Crippen MR) is 93.3 cm³/mol. The molecule has 2 atom stereocenters. The molecule has 2 aromatic rings. The first-order chi connectivity index (χ1) is 10.8. The summed E-state index contributed by atoms with van der Waals surface area (Å²) in [6.45, 7) is 12.4. The Morgan fingerprint density at radius 2 is 1.35 bits per heavy atom. The summed E-state index contributed by atoms with van der Waals surface area (Å²) >= 11 is 0. The number of aryl methyl sites for hydroxylation is 5. The zero-order valence-corrected chi connectivity index (χ0v) is 14.8. The van der Waals surface area contributed by atoms with Gasteiger partial charge in [-0.1, -0.05) is 29.8 Å². The third-order valence-electron chi connectivity index (χ3n) is 4.95. The molecule has 1 aliphatic heterocycles. The van der Waals surface area contributed by atoms with Gasteiger partial charge in [-0.05, 0) is 74.9 Å². The zero-order valence-electron chi connectivity index (χ0n) is 14.8. The van der Waals surface area contributed by atoms with Crippen molar-refractivity contribution in [3.8, 4) is 0 Å². The molecule has 0 spiro atoms. The number of ether oxygens (including phenoxy) is 1. The number of carbonyl (C=O) groups is 1. The molecule has 0 amide bonds. The highest BCUT2D eigenvalue weighted by Crippen LogP contribution is 2.42. The lowest BCUT2D eigenvalue weighted by atomic mass is 9.92. The minimum atomic E-state index is -0.336. The number of benzene rings is 2. The number of hydrogen-bond donors (Lipinski definition) is 0. The molecular weight excluding hydrogens is 284 g/mol. The summed E-state index contributed by atoms with van der Waals surface area (Å²) in [5, 5.41) is 0. The fourth-order valence-corrected chi connectivity index (χ4v) is 3.51. The summed E-state index contributed by atoms with van der Waals surface area (Å²) in [5.41, 5.74) is 9.02. The van der Waals surface area contributed by atoms with Crippen LogP contribution in [0.1, 0.15) is 55.4 Å². The van der Waals surface area contributed by atoms with E-state index in [2.05, 4.69) is 52.0 Å². The SMILES string of the molecule is Cc1cc(C)c(C(=O)C2OC2c2cc(C)c(C)c(C)c2)c(C)c1. The van der Waals surface area contributed by atoms with E-state index in [-0.39, 0.29) is 18.0 Å². The van der Waals surface area contributed by atoms with Crippen molar-refractivity contribution < 1.29 is 9.53 Å². The van der Waals surface area contributed by atoms with Crippen molar-refractivity contribution in [3.05, 3.63) is 68.8 Å². The van der Waals surface area contributed by atoms with Gasteiger partial charge in [0.1, 0.15) is 6.10 Å². The predicted octanol–water partition coefficient (Wildman–Crippen LogP) is 4.86. The molecule has 2 unspecified atom stereocenters. The maximum Gasteiger partial charge on any atom is 0.195 e. The van der Waals surface area contributed by atoms with Gasteiger partial charge in [-0.15, -0.1) is 0 Å². The van der Waals surface area contributed by atoms with Gasteiger partial charge in [-0.3, -0.25) is 4.79 Å². The van der Waals surface area contributed by atoms with E-state index < -0.39 is 0 Å². The van der Waals surface area contributed by atoms with Gasteiger partial charge in [0.05, 0.1) is 0 Å². The molecule has 0 N–H and O–H groups in total. The van der Waals surface area contributed by atoms with Crippen molar-refractivity contribution in [1.82, 2.24) is 0 Å². The summed E-state index contributed by atoms with van der Waals surface area (Å²) in [6, 6.07) is 8.43. The third kappa shape index (κ3) is 2.84. The van der Waals surface area contributed by atoms with Crippen LogP contribution in [-0.4, -0.2) is 11.9 Å². The topological polar surface area (TPSA) is 29.6 Å². The summed E-state index contributed by atoms with van der Waals surface area (Å²) in [7, 11) is 0. The van der Waals surface area contributed by atoms with Crippen molar-refractivity contribution >= 4 is 5.78 Å². The summed E-state index contributed by atoms with van der Waals surface area (Å²) in [4.78, 5) is 12.9. The van der Waals surface area contributed by atoms with Crippen LogP contribution in [-0.2, 0) is 4.74 Å². The molecule has 0 aliphatic carbocycles. The molecule has 0 aromatic heterocycles. The minimum absolute atomic E-state index is 0.0967. The number of rotatable bonds is 3. The molecule has 3 rings (SSSR count). The standard InChI is InChI=1S/C21H24O2/c1-11-7-14(4)18(15(5)8-11)19(22)21-20(23-21)17-9-12(2)16(6)13(3)10-17/h7-10,20-21H,1-6H3. The van der Waals surface area contributed by atoms with Crippen LogP contribution in [0.25, 0.3) is 0 Å². The van der Waals surface area contributed by atoms with Crippen LogP contribution in [0, 0.1) is 41.5 Å². The Kier molecular flexibility index (Phi) is 3.89. The normalized spacial score (nSPS) is 19.7. The van der Waals surface area contributed by atoms with Gasteiger partial charge in [0.25, 0.3) is 0 Å². The Morgan fingerprint density at radius 1 is 0.826 bits per heavy atom. The van der Waals surface area contributed by atoms with Gasteiger partial charge in [0, 0.05) is 5.56 Å². The van der Waals surface area contributed by atoms with Crippen molar-refractivity contribution in [2.45, 2.75) is 53.8 Å². The third-order valence-corrected chi connectivity index (χ3v) is 4.95. The molecule has 2 heteroatoms. The van der Waals surface area contributed by atoms with Crippen LogP contribution in [0.5, 0.6) is 0 Å². The Labute approximate surface area is 138 Å². The average Bonchev–Trinajstić information content (AvgIpc) is 3.23. The number of ketones is 1. The van der Waals surface area contributed by atoms with Crippen LogP contribution in [0.3, 0.4) is 0 Å². The summed E-state index contributed by atoms with van der Waals surface area (Å²) in [5.74, 6) is 0.112. The van der Waals surface area contributed by atoms with E-state index in [1.54, 1.807) is 0 Å². The molecule has 1 saturated heterocycles. The van der Waals surface area contributed by atoms with Crippen molar-refractivity contribution in [3.63, 3.8) is 0 Å². The molecule has 0 bridgehead atoms. The smallest absolute Gasteiger partial charge is 0.195 e. The van der Waals surface area contributed by atoms with Crippen molar-refractivity contribution in [1.29, 1.82) is 0 Å². The van der Waals surface area contributed by atoms with Crippen LogP contribution in [0.15, 0.2) is 24.3 Å². The number of epoxide rings is 1. The fraction of sp³-hybridized carbons (Fsp3) is 0.381. The number of carbonyl (C=O) groups excluding carboxylic acids is 1. The van der Waals surface area contributed by atoms with Gasteiger partial charge in [-0.2, -0.15) is 0 Å². The summed E-state index contributed by atoms with van der Waals surface area (Å²) < 4.78 is 5.76. The number of Topliss-reactive ketones (excluding diaryl/α,β-unsaturated/α-hetero) is 1. The Hall–Kier alpha value is -1.93. The van der Waals surface area contributed by atoms with Crippen LogP contribution < -0.4 is 0 Å². The molecule has 2 nitrogen and oxygen atoms in total. The average molecular weight is 308 g/mol. The molecule has 120 valence electrons. The quantitative estimate of drug-likeness (QED) is 0.598. The van der Waals surface area contributed by atoms with E-state index in [4.69, 9.17) is 4.74 Å². The Bertz CT molecular complexity index is 755. The molecule has 2 aromatic carbocycles. The second kappa shape index (κ2) is 5.61. The Balaban J connectivity index is 1.88. The van der Waals surface area contributed by atoms with Gasteiger partial charge in [0.2, 0.25) is 0 Å². The first-order valence-corrected chi connectivity index (χ1v) is 8.15. The maximum absolute atomic E-state index is 12.9. The van der Waals surface area contributed by atoms with E-state index >= 15 is 0 Å². The molecule has 1 aliphatic rings. The largest absolute Gasteiger partial charge is 0.356 e. The summed E-state index contributed by atoms with van der Waals surface area (Å²) in [6.07, 6.45) is -0.433. The van der Waals surface area contributed by atoms with E-state index in [1.807, 2.05) is 13.8 Å². The number of hydrogen-bond acceptors (Lipinski definition) is 2. The Morgan fingerprint density at radius 3 is 1.87 bits per heavy atom. The van der Waals surface area contributed by atoms with Crippen LogP contribution >= 0.6 is 0 Å². The second-order valence-electron chi connectivity index (χ2n) is 6.89. The molecule has 0 saturated carbocycles. The van der Waals surface area contributed by atoms with Gasteiger partial charge in [0.15, 0.2) is 11.9 Å². The molecule has 23 heavy (non-hydrogen) atoms. The highest BCUT2D eigenvalue weighted by molar-refractivity contribution is 6.03. The lowest BCUT2D eigenvalue weighted by Crippen LogP contribution is -2.12. The maximum atomic E-state index is 12.9. The van der Waals surface area contributed by atoms with E-state index in [0.29, 0.717) is 0 Å². The van der Waals surface area contributed by atoms with Crippen LogP contribution in [0.2, 0.25) is 0 Å². The molecule has 1 heterocycles. The zero-order chi connectivity index (χ0) is 16.9. The van der Waals surface area contributed by atoms with Gasteiger partial charge < -0.3 is 4.74 Å². The first kappa shape index (κ1) is 15.9. The van der Waals surface area contributed by atoms with E-state index in [0.717, 1.165) is 22.3 Å². The highest BCUT2D eigenvalue weighted by atomic mass is 16.6. The van der Waals surface area contributed by atoms with Gasteiger partial charge in [-0.25, -0.2) is 0 Å². The highest BCUT2D eigenvalue weighted by Gasteiger charge is 2.47. The molecule has 1 fully saturated rings. The first-order valence-electron chi connectivity index (χ1n) is 8.15. The van der Waals surface area contributed by atoms with Crippen LogP contribution in [0.4, 0.5) is 0 Å². The lowest BCUT2D eigenvalue weighted by molar-refractivity contribution is 0.0952. The monoisotopic (exact) mass is 308 g/mol.